The van der Waals surface area contributed by atoms with E-state index in [0.717, 1.165) is 5.52 Å². The van der Waals surface area contributed by atoms with E-state index in [9.17, 15) is 14.4 Å². The highest BCUT2D eigenvalue weighted by Gasteiger charge is 2.14. The Labute approximate surface area is 167 Å². The molecular formula is C21H21N3O5. The summed E-state index contributed by atoms with van der Waals surface area (Å²) < 4.78 is 10.5. The number of hydrogen-bond acceptors (Lipinski definition) is 6. The Bertz CT molecular complexity index is 1060. The molecule has 0 aliphatic rings. The molecule has 8 heteroatoms. The van der Waals surface area contributed by atoms with Crippen molar-refractivity contribution in [2.75, 3.05) is 13.7 Å². The van der Waals surface area contributed by atoms with Crippen molar-refractivity contribution in [1.82, 2.24) is 15.5 Å². The van der Waals surface area contributed by atoms with Gasteiger partial charge in [-0.3, -0.25) is 19.5 Å². The summed E-state index contributed by atoms with van der Waals surface area (Å²) in [6.07, 6.45) is 0.00279. The molecule has 8 nitrogen and oxygen atoms in total. The number of nitrogens with zero attached hydrogens (tertiary/aromatic N) is 1. The zero-order valence-electron chi connectivity index (χ0n) is 16.2. The van der Waals surface area contributed by atoms with E-state index in [1.165, 1.54) is 14.0 Å². The van der Waals surface area contributed by atoms with E-state index in [-0.39, 0.29) is 37.0 Å². The number of carbonyl (C=O) groups excluding carboxylic acids is 3. The van der Waals surface area contributed by atoms with Crippen LogP contribution in [-0.4, -0.2) is 41.5 Å². The van der Waals surface area contributed by atoms with Gasteiger partial charge in [0.1, 0.15) is 12.4 Å². The molecule has 0 unspecified atom stereocenters. The van der Waals surface area contributed by atoms with E-state index in [2.05, 4.69) is 15.5 Å². The summed E-state index contributed by atoms with van der Waals surface area (Å²) in [7, 11) is 1.50. The summed E-state index contributed by atoms with van der Waals surface area (Å²) in [5, 5.41) is 10.2. The molecule has 2 N–H and O–H groups in total. The standard InChI is InChI=1S/C21H21N3O5/c1-13(25)14-7-8-18(28-2)15(11-14)12-29-19(26)9-10-22-21(27)20-16-5-3-4-6-17(16)23-24-20/h3-8,11H,9-10,12H2,1-2H3,(H,22,27)(H,23,24). The minimum Gasteiger partial charge on any atom is -0.496 e. The number of para-hydroxylation sites is 1. The SMILES string of the molecule is COc1ccc(C(C)=O)cc1COC(=O)CCNC(=O)c1n[nH]c2ccccc12. The van der Waals surface area contributed by atoms with Gasteiger partial charge in [-0.2, -0.15) is 5.10 Å². The Morgan fingerprint density at radius 1 is 1.14 bits per heavy atom. The van der Waals surface area contributed by atoms with Gasteiger partial charge in [-0.1, -0.05) is 18.2 Å². The van der Waals surface area contributed by atoms with E-state index < -0.39 is 5.97 Å². The minimum absolute atomic E-state index is 0.00279. The van der Waals surface area contributed by atoms with Crippen LogP contribution >= 0.6 is 0 Å². The Hall–Kier alpha value is -3.68. The van der Waals surface area contributed by atoms with Crippen LogP contribution in [0.2, 0.25) is 0 Å². The second-order valence-corrected chi connectivity index (χ2v) is 6.37. The molecule has 0 spiro atoms. The van der Waals surface area contributed by atoms with Crippen molar-refractivity contribution < 1.29 is 23.9 Å². The number of H-pyrrole nitrogens is 1. The highest BCUT2D eigenvalue weighted by Crippen LogP contribution is 2.21. The summed E-state index contributed by atoms with van der Waals surface area (Å²) in [5.41, 5.74) is 2.15. The van der Waals surface area contributed by atoms with Crippen molar-refractivity contribution in [3.8, 4) is 5.75 Å². The first-order valence-electron chi connectivity index (χ1n) is 9.04. The average Bonchev–Trinajstić information content (AvgIpc) is 3.16. The topological polar surface area (TPSA) is 110 Å². The van der Waals surface area contributed by atoms with Gasteiger partial charge in [-0.25, -0.2) is 0 Å². The van der Waals surface area contributed by atoms with Crippen molar-refractivity contribution in [2.24, 2.45) is 0 Å². The molecule has 1 aromatic heterocycles. The normalized spacial score (nSPS) is 10.6. The molecule has 29 heavy (non-hydrogen) atoms. The molecule has 0 aliphatic heterocycles. The third kappa shape index (κ3) is 4.78. The van der Waals surface area contributed by atoms with E-state index >= 15 is 0 Å². The number of esters is 1. The molecule has 0 fully saturated rings. The molecule has 0 aliphatic carbocycles. The number of ketones is 1. The molecule has 0 saturated heterocycles. The molecule has 1 amide bonds. The molecule has 3 aromatic rings. The van der Waals surface area contributed by atoms with Crippen molar-refractivity contribution in [2.45, 2.75) is 20.0 Å². The van der Waals surface area contributed by atoms with Gasteiger partial charge in [0.05, 0.1) is 19.0 Å². The highest BCUT2D eigenvalue weighted by molar-refractivity contribution is 6.04. The van der Waals surface area contributed by atoms with Crippen molar-refractivity contribution in [3.05, 3.63) is 59.3 Å². The Kier molecular flexibility index (Phi) is 6.23. The lowest BCUT2D eigenvalue weighted by atomic mass is 10.1. The number of amides is 1. The van der Waals surface area contributed by atoms with E-state index in [1.807, 2.05) is 18.2 Å². The zero-order chi connectivity index (χ0) is 20.8. The van der Waals surface area contributed by atoms with Crippen molar-refractivity contribution in [1.29, 1.82) is 0 Å². The molecule has 150 valence electrons. The predicted molar refractivity (Wildman–Crippen MR) is 106 cm³/mol. The van der Waals surface area contributed by atoms with E-state index in [4.69, 9.17) is 9.47 Å². The summed E-state index contributed by atoms with van der Waals surface area (Å²) in [4.78, 5) is 35.8. The lowest BCUT2D eigenvalue weighted by Crippen LogP contribution is -2.27. The highest BCUT2D eigenvalue weighted by atomic mass is 16.5. The number of methoxy groups -OCH3 is 1. The van der Waals surface area contributed by atoms with Crippen LogP contribution in [0.1, 0.15) is 39.8 Å². The van der Waals surface area contributed by atoms with Crippen LogP contribution in [0.15, 0.2) is 42.5 Å². The minimum atomic E-state index is -0.479. The fraction of sp³-hybridized carbons (Fsp3) is 0.238. The molecule has 2 aromatic carbocycles. The fourth-order valence-electron chi connectivity index (χ4n) is 2.84. The number of aromatic nitrogens is 2. The van der Waals surface area contributed by atoms with Gasteiger partial charge in [0.15, 0.2) is 11.5 Å². The fourth-order valence-corrected chi connectivity index (χ4v) is 2.84. The predicted octanol–water partition coefficient (Wildman–Crippen LogP) is 2.64. The number of ether oxygens (including phenoxy) is 2. The molecule has 0 atom stereocenters. The Balaban J connectivity index is 1.51. The second-order valence-electron chi connectivity index (χ2n) is 6.37. The van der Waals surface area contributed by atoms with Crippen LogP contribution in [0.5, 0.6) is 5.75 Å². The molecule has 0 bridgehead atoms. The lowest BCUT2D eigenvalue weighted by molar-refractivity contribution is -0.144. The summed E-state index contributed by atoms with van der Waals surface area (Å²) in [6.45, 7) is 1.55. The van der Waals surface area contributed by atoms with Gasteiger partial charge in [0.25, 0.3) is 5.91 Å². The number of Topliss-reactive ketones (excluding diaryl/α,β-unsaturated/α-hetero) is 1. The summed E-state index contributed by atoms with van der Waals surface area (Å²) in [6, 6.07) is 12.2. The lowest BCUT2D eigenvalue weighted by Gasteiger charge is -2.11. The maximum absolute atomic E-state index is 12.3. The first-order valence-corrected chi connectivity index (χ1v) is 9.04. The first-order chi connectivity index (χ1) is 14.0. The number of nitrogens with one attached hydrogen (secondary N) is 2. The monoisotopic (exact) mass is 395 g/mol. The first kappa shape index (κ1) is 20.1. The second kappa shape index (κ2) is 9.01. The summed E-state index contributed by atoms with van der Waals surface area (Å²) >= 11 is 0. The zero-order valence-corrected chi connectivity index (χ0v) is 16.2. The van der Waals surface area contributed by atoms with Crippen LogP contribution in [0, 0.1) is 0 Å². The summed E-state index contributed by atoms with van der Waals surface area (Å²) in [5.74, 6) is -0.408. The maximum atomic E-state index is 12.3. The smallest absolute Gasteiger partial charge is 0.307 e. The van der Waals surface area contributed by atoms with Crippen molar-refractivity contribution >= 4 is 28.6 Å². The maximum Gasteiger partial charge on any atom is 0.307 e. The molecule has 1 heterocycles. The van der Waals surface area contributed by atoms with Crippen LogP contribution in [0.3, 0.4) is 0 Å². The van der Waals surface area contributed by atoms with E-state index in [0.29, 0.717) is 22.3 Å². The average molecular weight is 395 g/mol. The number of hydrogen-bond donors (Lipinski definition) is 2. The quantitative estimate of drug-likeness (QED) is 0.448. The molecule has 0 radical (unpaired) electrons. The molecular weight excluding hydrogens is 374 g/mol. The third-order valence-corrected chi connectivity index (χ3v) is 4.38. The van der Waals surface area contributed by atoms with E-state index in [1.54, 1.807) is 24.3 Å². The van der Waals surface area contributed by atoms with Crippen LogP contribution in [-0.2, 0) is 16.1 Å². The Morgan fingerprint density at radius 2 is 1.93 bits per heavy atom. The number of benzene rings is 2. The van der Waals surface area contributed by atoms with Gasteiger partial charge >= 0.3 is 5.97 Å². The number of carbonyl (C=O) groups is 3. The number of fused-ring (bicyclic) bond motifs is 1. The Morgan fingerprint density at radius 3 is 2.69 bits per heavy atom. The van der Waals surface area contributed by atoms with Crippen LogP contribution in [0.25, 0.3) is 10.9 Å². The number of rotatable bonds is 8. The van der Waals surface area contributed by atoms with Gasteiger partial charge in [-0.15, -0.1) is 0 Å². The van der Waals surface area contributed by atoms with Crippen molar-refractivity contribution in [3.63, 3.8) is 0 Å². The van der Waals surface area contributed by atoms with Gasteiger partial charge in [0, 0.05) is 23.1 Å². The van der Waals surface area contributed by atoms with Gasteiger partial charge < -0.3 is 14.8 Å². The van der Waals surface area contributed by atoms with Gasteiger partial charge in [0.2, 0.25) is 0 Å². The molecule has 0 saturated carbocycles. The van der Waals surface area contributed by atoms with Gasteiger partial charge in [-0.05, 0) is 31.2 Å². The van der Waals surface area contributed by atoms with Crippen LogP contribution in [0.4, 0.5) is 0 Å². The third-order valence-electron chi connectivity index (χ3n) is 4.38. The van der Waals surface area contributed by atoms with Crippen LogP contribution < -0.4 is 10.1 Å². The number of aromatic amines is 1. The molecule has 3 rings (SSSR count). The largest absolute Gasteiger partial charge is 0.496 e.